The van der Waals surface area contributed by atoms with E-state index in [-0.39, 0.29) is 23.8 Å². The molecule has 8 nitrogen and oxygen atoms in total. The molecule has 3 aliphatic rings. The van der Waals surface area contributed by atoms with Crippen LogP contribution in [0.5, 0.6) is 5.75 Å². The summed E-state index contributed by atoms with van der Waals surface area (Å²) in [5, 5.41) is 9.61. The van der Waals surface area contributed by atoms with E-state index in [4.69, 9.17) is 4.74 Å². The fraction of sp³-hybridized carbons (Fsp3) is 0.500. The lowest BCUT2D eigenvalue weighted by Crippen LogP contribution is -2.60. The minimum absolute atomic E-state index is 0.283. The number of pyridine rings is 1. The maximum Gasteiger partial charge on any atom is 0.281 e. The first-order chi connectivity index (χ1) is 16.3. The Balaban J connectivity index is 1.32. The number of aliphatic hydroxyl groups is 1. The molecule has 0 radical (unpaired) electrons. The summed E-state index contributed by atoms with van der Waals surface area (Å²) >= 11 is 0. The van der Waals surface area contributed by atoms with Crippen molar-refractivity contribution < 1.29 is 31.8 Å². The van der Waals surface area contributed by atoms with Gasteiger partial charge in [0.15, 0.2) is 10.6 Å². The number of carbonyl (C=O) groups excluding carboxylic acids is 1. The van der Waals surface area contributed by atoms with E-state index < -0.39 is 33.1 Å². The third-order valence-electron chi connectivity index (χ3n) is 6.72. The summed E-state index contributed by atoms with van der Waals surface area (Å²) in [6.45, 7) is 4.14. The lowest BCUT2D eigenvalue weighted by atomic mass is 9.76. The van der Waals surface area contributed by atoms with Gasteiger partial charge < -0.3 is 14.7 Å². The monoisotopic (exact) mass is 507 g/mol. The van der Waals surface area contributed by atoms with Crippen LogP contribution in [0.3, 0.4) is 0 Å². The first kappa shape index (κ1) is 23.9. The molecule has 0 bridgehead atoms. The number of β-amino-alcohol motifs (C(OH)–C–C–N with tert-alkyl or cyclic N) is 1. The van der Waals surface area contributed by atoms with Crippen LogP contribution in [0.15, 0.2) is 41.4 Å². The van der Waals surface area contributed by atoms with Crippen molar-refractivity contribution in [1.82, 2.24) is 9.71 Å². The fourth-order valence-corrected chi connectivity index (χ4v) is 5.59. The van der Waals surface area contributed by atoms with Crippen molar-refractivity contribution in [2.75, 3.05) is 18.0 Å². The molecule has 35 heavy (non-hydrogen) atoms. The van der Waals surface area contributed by atoms with E-state index in [0.717, 1.165) is 5.56 Å². The van der Waals surface area contributed by atoms with E-state index >= 15 is 0 Å². The second-order valence-electron chi connectivity index (χ2n) is 10.2. The summed E-state index contributed by atoms with van der Waals surface area (Å²) in [4.78, 5) is 18.9. The maximum absolute atomic E-state index is 13.5. The van der Waals surface area contributed by atoms with E-state index in [0.29, 0.717) is 43.1 Å². The standard InChI is InChI=1S/C24H27F2N3O5S/c1-15-6-7-17(16-11-24(25,26)12-16)18(10-15)34-23(8-9-23)21(30)28-35(32,33)20-5-3-4-19(27-20)29-13-22(2,31)14-29/h3-7,10,16,31H,8-9,11-14H2,1-2H3,(H,28,30). The van der Waals surface area contributed by atoms with Crippen LogP contribution in [-0.2, 0) is 14.8 Å². The van der Waals surface area contributed by atoms with Crippen LogP contribution in [0.25, 0.3) is 0 Å². The number of aromatic nitrogens is 1. The smallest absolute Gasteiger partial charge is 0.281 e. The second kappa shape index (κ2) is 7.86. The number of rotatable bonds is 7. The third kappa shape index (κ3) is 4.71. The van der Waals surface area contributed by atoms with E-state index in [1.54, 1.807) is 36.1 Å². The Bertz CT molecular complexity index is 1280. The molecule has 2 aliphatic carbocycles. The number of anilines is 1. The van der Waals surface area contributed by atoms with Gasteiger partial charge in [0.05, 0.1) is 5.60 Å². The summed E-state index contributed by atoms with van der Waals surface area (Å²) in [6.07, 6.45) is 0.0424. The van der Waals surface area contributed by atoms with E-state index in [9.17, 15) is 27.1 Å². The number of ether oxygens (including phenoxy) is 1. The van der Waals surface area contributed by atoms with Gasteiger partial charge in [-0.25, -0.2) is 18.5 Å². The van der Waals surface area contributed by atoms with Crippen LogP contribution < -0.4 is 14.4 Å². The van der Waals surface area contributed by atoms with Gasteiger partial charge in [-0.15, -0.1) is 0 Å². The SMILES string of the molecule is Cc1ccc(C2CC(F)(F)C2)c(OC2(C(=O)NS(=O)(=O)c3cccc(N4CC(C)(O)C4)n3)CC2)c1. The number of sulfonamides is 1. The van der Waals surface area contributed by atoms with E-state index in [2.05, 4.69) is 9.71 Å². The normalized spacial score (nSPS) is 22.0. The molecule has 0 unspecified atom stereocenters. The van der Waals surface area contributed by atoms with Crippen LogP contribution >= 0.6 is 0 Å². The van der Waals surface area contributed by atoms with Crippen molar-refractivity contribution in [3.8, 4) is 5.75 Å². The molecular formula is C24H27F2N3O5S. The lowest BCUT2D eigenvalue weighted by molar-refractivity contribution is -0.128. The van der Waals surface area contributed by atoms with Crippen molar-refractivity contribution in [3.63, 3.8) is 0 Å². The summed E-state index contributed by atoms with van der Waals surface area (Å²) in [5.74, 6) is -3.19. The van der Waals surface area contributed by atoms with Gasteiger partial charge in [-0.05, 0) is 49.1 Å². The van der Waals surface area contributed by atoms with Crippen LogP contribution in [0, 0.1) is 6.92 Å². The van der Waals surface area contributed by atoms with Crippen molar-refractivity contribution in [3.05, 3.63) is 47.5 Å². The lowest BCUT2D eigenvalue weighted by Gasteiger charge is -2.44. The molecule has 1 aromatic carbocycles. The molecule has 2 aromatic rings. The number of hydrogen-bond acceptors (Lipinski definition) is 7. The van der Waals surface area contributed by atoms with Gasteiger partial charge in [0.2, 0.25) is 5.92 Å². The molecular weight excluding hydrogens is 480 g/mol. The van der Waals surface area contributed by atoms with Crippen molar-refractivity contribution in [2.45, 2.75) is 67.6 Å². The van der Waals surface area contributed by atoms with E-state index in [1.807, 2.05) is 6.92 Å². The van der Waals surface area contributed by atoms with Crippen LogP contribution in [0.2, 0.25) is 0 Å². The van der Waals surface area contributed by atoms with Gasteiger partial charge in [0.1, 0.15) is 11.6 Å². The zero-order valence-corrected chi connectivity index (χ0v) is 20.2. The molecule has 2 saturated carbocycles. The summed E-state index contributed by atoms with van der Waals surface area (Å²) in [5.41, 5.74) is -0.798. The third-order valence-corrected chi connectivity index (χ3v) is 7.95. The first-order valence-corrected chi connectivity index (χ1v) is 13.0. The molecule has 0 spiro atoms. The molecule has 2 N–H and O–H groups in total. The Labute approximate surface area is 202 Å². The predicted octanol–water partition coefficient (Wildman–Crippen LogP) is 2.89. The van der Waals surface area contributed by atoms with Gasteiger partial charge in [0, 0.05) is 38.8 Å². The number of amides is 1. The molecule has 3 fully saturated rings. The van der Waals surface area contributed by atoms with Gasteiger partial charge in [0.25, 0.3) is 15.9 Å². The maximum atomic E-state index is 13.5. The zero-order chi connectivity index (χ0) is 25.2. The van der Waals surface area contributed by atoms with Crippen molar-refractivity contribution in [1.29, 1.82) is 0 Å². The molecule has 1 aliphatic heterocycles. The second-order valence-corrected chi connectivity index (χ2v) is 11.8. The summed E-state index contributed by atoms with van der Waals surface area (Å²) < 4.78 is 60.9. The summed E-state index contributed by atoms with van der Waals surface area (Å²) in [6, 6.07) is 9.67. The first-order valence-electron chi connectivity index (χ1n) is 11.5. The number of hydrogen-bond donors (Lipinski definition) is 2. The van der Waals surface area contributed by atoms with Crippen molar-refractivity contribution in [2.24, 2.45) is 0 Å². The Morgan fingerprint density at radius 3 is 2.49 bits per heavy atom. The highest BCUT2D eigenvalue weighted by atomic mass is 32.2. The van der Waals surface area contributed by atoms with Gasteiger partial charge >= 0.3 is 0 Å². The largest absolute Gasteiger partial charge is 0.477 e. The molecule has 2 heterocycles. The zero-order valence-electron chi connectivity index (χ0n) is 19.4. The Kier molecular flexibility index (Phi) is 5.37. The Morgan fingerprint density at radius 2 is 1.89 bits per heavy atom. The molecule has 5 rings (SSSR count). The van der Waals surface area contributed by atoms with Crippen LogP contribution in [-0.4, -0.2) is 54.6 Å². The number of nitrogens with zero attached hydrogens (tertiary/aromatic N) is 2. The minimum Gasteiger partial charge on any atom is -0.477 e. The molecule has 1 aromatic heterocycles. The molecule has 11 heteroatoms. The molecule has 1 amide bonds. The highest BCUT2D eigenvalue weighted by Crippen LogP contribution is 2.52. The van der Waals surface area contributed by atoms with Crippen molar-refractivity contribution >= 4 is 21.7 Å². The minimum atomic E-state index is -4.29. The van der Waals surface area contributed by atoms with Gasteiger partial charge in [-0.2, -0.15) is 8.42 Å². The van der Waals surface area contributed by atoms with Crippen LogP contribution in [0.1, 0.15) is 49.7 Å². The van der Waals surface area contributed by atoms with Gasteiger partial charge in [-0.3, -0.25) is 4.79 Å². The number of halogens is 2. The molecule has 188 valence electrons. The van der Waals surface area contributed by atoms with Crippen LogP contribution in [0.4, 0.5) is 14.6 Å². The molecule has 1 saturated heterocycles. The fourth-order valence-electron chi connectivity index (χ4n) is 4.58. The predicted molar refractivity (Wildman–Crippen MR) is 123 cm³/mol. The van der Waals surface area contributed by atoms with E-state index in [1.165, 1.54) is 12.1 Å². The van der Waals surface area contributed by atoms with Gasteiger partial charge in [-0.1, -0.05) is 18.2 Å². The highest BCUT2D eigenvalue weighted by molar-refractivity contribution is 7.90. The number of nitrogens with one attached hydrogen (secondary N) is 1. The number of aryl methyl sites for hydroxylation is 1. The Morgan fingerprint density at radius 1 is 1.20 bits per heavy atom. The molecule has 0 atom stereocenters. The summed E-state index contributed by atoms with van der Waals surface area (Å²) in [7, 11) is -4.29. The Hall–Kier alpha value is -2.79. The average Bonchev–Trinajstić information content (AvgIpc) is 3.51. The highest BCUT2D eigenvalue weighted by Gasteiger charge is 2.55. The average molecular weight is 508 g/mol. The number of benzene rings is 1. The number of alkyl halides is 2. The quantitative estimate of drug-likeness (QED) is 0.593. The number of carbonyl (C=O) groups is 1. The topological polar surface area (TPSA) is 109 Å².